The van der Waals surface area contributed by atoms with Crippen LogP contribution < -0.4 is 10.6 Å². The molecule has 1 atom stereocenters. The number of amides is 3. The lowest BCUT2D eigenvalue weighted by molar-refractivity contribution is -0.137. The molecule has 30 heavy (non-hydrogen) atoms. The summed E-state index contributed by atoms with van der Waals surface area (Å²) in [5.41, 5.74) is -0.524. The molecule has 1 aliphatic heterocycles. The van der Waals surface area contributed by atoms with E-state index in [0.29, 0.717) is 25.1 Å². The molecular weight excluding hydrogens is 399 g/mol. The molecular formula is C20H24F3N5O2. The first kappa shape index (κ1) is 21.7. The van der Waals surface area contributed by atoms with E-state index >= 15 is 0 Å². The summed E-state index contributed by atoms with van der Waals surface area (Å²) >= 11 is 0. The minimum Gasteiger partial charge on any atom is -0.336 e. The van der Waals surface area contributed by atoms with Crippen LogP contribution in [0.25, 0.3) is 5.69 Å². The summed E-state index contributed by atoms with van der Waals surface area (Å²) in [6, 6.07) is 4.48. The van der Waals surface area contributed by atoms with E-state index in [-0.39, 0.29) is 24.3 Å². The van der Waals surface area contributed by atoms with Gasteiger partial charge in [0.15, 0.2) is 0 Å². The van der Waals surface area contributed by atoms with Crippen molar-refractivity contribution in [2.75, 3.05) is 18.4 Å². The van der Waals surface area contributed by atoms with Crippen molar-refractivity contribution in [1.29, 1.82) is 0 Å². The monoisotopic (exact) mass is 423 g/mol. The van der Waals surface area contributed by atoms with Gasteiger partial charge in [0.25, 0.3) is 0 Å². The summed E-state index contributed by atoms with van der Waals surface area (Å²) < 4.78 is 41.0. The number of rotatable bonds is 4. The highest BCUT2D eigenvalue weighted by molar-refractivity contribution is 5.95. The summed E-state index contributed by atoms with van der Waals surface area (Å²) in [5.74, 6) is -0.943. The minimum atomic E-state index is -4.54. The van der Waals surface area contributed by atoms with E-state index in [1.807, 2.05) is 13.8 Å². The van der Waals surface area contributed by atoms with Crippen molar-refractivity contribution in [3.8, 4) is 5.69 Å². The fourth-order valence-corrected chi connectivity index (χ4v) is 3.37. The smallest absolute Gasteiger partial charge is 0.336 e. The predicted molar refractivity (Wildman–Crippen MR) is 105 cm³/mol. The molecule has 0 bridgehead atoms. The van der Waals surface area contributed by atoms with Gasteiger partial charge in [-0.2, -0.15) is 18.3 Å². The van der Waals surface area contributed by atoms with Crippen LogP contribution in [-0.2, 0) is 11.0 Å². The van der Waals surface area contributed by atoms with Crippen molar-refractivity contribution < 1.29 is 22.8 Å². The van der Waals surface area contributed by atoms with Crippen LogP contribution in [-0.4, -0.2) is 45.8 Å². The number of carbonyl (C=O) groups is 2. The number of anilines is 1. The molecule has 2 N–H and O–H groups in total. The van der Waals surface area contributed by atoms with Crippen LogP contribution in [0.2, 0.25) is 0 Å². The number of halogens is 3. The number of hydrogen-bond acceptors (Lipinski definition) is 3. The van der Waals surface area contributed by atoms with E-state index in [1.165, 1.54) is 16.9 Å². The van der Waals surface area contributed by atoms with Crippen molar-refractivity contribution >= 4 is 17.6 Å². The van der Waals surface area contributed by atoms with Gasteiger partial charge in [-0.25, -0.2) is 9.48 Å². The van der Waals surface area contributed by atoms with Gasteiger partial charge in [0.1, 0.15) is 0 Å². The number of urea groups is 1. The largest absolute Gasteiger partial charge is 0.416 e. The molecule has 0 aliphatic carbocycles. The van der Waals surface area contributed by atoms with Gasteiger partial charge in [0, 0.05) is 31.5 Å². The summed E-state index contributed by atoms with van der Waals surface area (Å²) in [7, 11) is 0. The van der Waals surface area contributed by atoms with Gasteiger partial charge in [-0.3, -0.25) is 4.79 Å². The molecule has 1 fully saturated rings. The van der Waals surface area contributed by atoms with Crippen molar-refractivity contribution in [3.63, 3.8) is 0 Å². The molecule has 162 valence electrons. The normalized spacial score (nSPS) is 17.1. The summed E-state index contributed by atoms with van der Waals surface area (Å²) in [5, 5.41) is 9.46. The molecule has 2 heterocycles. The molecule has 1 aromatic heterocycles. The molecule has 10 heteroatoms. The number of aromatic nitrogens is 2. The van der Waals surface area contributed by atoms with Gasteiger partial charge in [0.05, 0.1) is 22.9 Å². The van der Waals surface area contributed by atoms with Crippen LogP contribution in [0.4, 0.5) is 23.7 Å². The summed E-state index contributed by atoms with van der Waals surface area (Å²) in [6.07, 6.45) is -0.281. The van der Waals surface area contributed by atoms with E-state index in [4.69, 9.17) is 0 Å². The maximum absolute atomic E-state index is 13.2. The van der Waals surface area contributed by atoms with Crippen LogP contribution in [0, 0.1) is 5.92 Å². The Balaban J connectivity index is 1.80. The first-order chi connectivity index (χ1) is 14.1. The Morgan fingerprint density at radius 3 is 2.67 bits per heavy atom. The lowest BCUT2D eigenvalue weighted by Crippen LogP contribution is -2.49. The van der Waals surface area contributed by atoms with Gasteiger partial charge in [-0.1, -0.05) is 0 Å². The number of benzene rings is 1. The van der Waals surface area contributed by atoms with E-state index in [2.05, 4.69) is 15.7 Å². The maximum Gasteiger partial charge on any atom is 0.416 e. The van der Waals surface area contributed by atoms with E-state index < -0.39 is 23.6 Å². The molecule has 3 amide bonds. The zero-order chi connectivity index (χ0) is 21.9. The Morgan fingerprint density at radius 1 is 1.27 bits per heavy atom. The van der Waals surface area contributed by atoms with Crippen LogP contribution in [0.3, 0.4) is 0 Å². The molecule has 2 aromatic rings. The van der Waals surface area contributed by atoms with Gasteiger partial charge in [-0.05, 0) is 51.0 Å². The van der Waals surface area contributed by atoms with Crippen molar-refractivity contribution in [1.82, 2.24) is 20.0 Å². The molecule has 1 aromatic carbocycles. The summed E-state index contributed by atoms with van der Waals surface area (Å²) in [4.78, 5) is 26.7. The highest BCUT2D eigenvalue weighted by Gasteiger charge is 2.33. The molecule has 1 unspecified atom stereocenters. The van der Waals surface area contributed by atoms with Crippen LogP contribution in [0.5, 0.6) is 0 Å². The number of alkyl halides is 3. The van der Waals surface area contributed by atoms with Crippen molar-refractivity contribution in [2.45, 2.75) is 38.9 Å². The van der Waals surface area contributed by atoms with E-state index in [9.17, 15) is 22.8 Å². The van der Waals surface area contributed by atoms with Crippen molar-refractivity contribution in [2.24, 2.45) is 5.92 Å². The molecule has 1 aliphatic rings. The average Bonchev–Trinajstić information content (AvgIpc) is 3.21. The van der Waals surface area contributed by atoms with Crippen LogP contribution in [0.15, 0.2) is 36.7 Å². The Labute approximate surface area is 172 Å². The summed E-state index contributed by atoms with van der Waals surface area (Å²) in [6.45, 7) is 4.43. The number of carbonyl (C=O) groups excluding carboxylic acids is 2. The van der Waals surface area contributed by atoms with Gasteiger partial charge in [0.2, 0.25) is 5.91 Å². The predicted octanol–water partition coefficient (Wildman–Crippen LogP) is 3.66. The molecule has 7 nitrogen and oxygen atoms in total. The van der Waals surface area contributed by atoms with Gasteiger partial charge in [-0.15, -0.1) is 0 Å². The van der Waals surface area contributed by atoms with Crippen LogP contribution >= 0.6 is 0 Å². The number of piperidine rings is 1. The van der Waals surface area contributed by atoms with Gasteiger partial charge < -0.3 is 15.5 Å². The second-order valence-corrected chi connectivity index (χ2v) is 7.56. The first-order valence-electron chi connectivity index (χ1n) is 9.72. The third-order valence-electron chi connectivity index (χ3n) is 4.82. The van der Waals surface area contributed by atoms with Crippen LogP contribution in [0.1, 0.15) is 32.3 Å². The number of hydrogen-bond donors (Lipinski definition) is 2. The third-order valence-corrected chi connectivity index (χ3v) is 4.82. The first-order valence-corrected chi connectivity index (χ1v) is 9.72. The minimum absolute atomic E-state index is 0.0160. The van der Waals surface area contributed by atoms with E-state index in [0.717, 1.165) is 12.1 Å². The Morgan fingerprint density at radius 2 is 2.03 bits per heavy atom. The fourth-order valence-electron chi connectivity index (χ4n) is 3.37. The Bertz CT molecular complexity index is 896. The second kappa shape index (κ2) is 8.76. The molecule has 3 rings (SSSR count). The number of nitrogens with zero attached hydrogens (tertiary/aromatic N) is 3. The third kappa shape index (κ3) is 5.11. The Hall–Kier alpha value is -3.04. The lowest BCUT2D eigenvalue weighted by atomic mass is 9.97. The maximum atomic E-state index is 13.2. The standard InChI is InChI=1S/C20H24F3N5O2/c1-13(2)25-19(30)27-9-3-5-14(12-27)18(29)26-16-11-15(20(21,22)23)6-7-17(16)28-10-4-8-24-28/h4,6-8,10-11,13-14H,3,5,9,12H2,1-2H3,(H,25,30)(H,26,29). The highest BCUT2D eigenvalue weighted by atomic mass is 19.4. The fraction of sp³-hybridized carbons (Fsp3) is 0.450. The topological polar surface area (TPSA) is 79.3 Å². The highest BCUT2D eigenvalue weighted by Crippen LogP contribution is 2.33. The average molecular weight is 423 g/mol. The van der Waals surface area contributed by atoms with Gasteiger partial charge >= 0.3 is 12.2 Å². The second-order valence-electron chi connectivity index (χ2n) is 7.56. The molecule has 0 saturated carbocycles. The number of likely N-dealkylation sites (tertiary alicyclic amines) is 1. The SMILES string of the molecule is CC(C)NC(=O)N1CCCC(C(=O)Nc2cc(C(F)(F)F)ccc2-n2cccn2)C1. The molecule has 0 radical (unpaired) electrons. The zero-order valence-corrected chi connectivity index (χ0v) is 16.7. The molecule has 1 saturated heterocycles. The number of nitrogens with one attached hydrogen (secondary N) is 2. The Kier molecular flexibility index (Phi) is 6.33. The quantitative estimate of drug-likeness (QED) is 0.788. The molecule has 0 spiro atoms. The van der Waals surface area contributed by atoms with E-state index in [1.54, 1.807) is 17.2 Å². The van der Waals surface area contributed by atoms with Crippen molar-refractivity contribution in [3.05, 3.63) is 42.2 Å². The zero-order valence-electron chi connectivity index (χ0n) is 16.7. The lowest BCUT2D eigenvalue weighted by Gasteiger charge is -2.32.